The summed E-state index contributed by atoms with van der Waals surface area (Å²) in [4.78, 5) is 1.02. The lowest BCUT2D eigenvalue weighted by atomic mass is 10.2. The van der Waals surface area contributed by atoms with Gasteiger partial charge in [0.2, 0.25) is 0 Å². The van der Waals surface area contributed by atoms with Crippen molar-refractivity contribution in [2.75, 3.05) is 0 Å². The van der Waals surface area contributed by atoms with E-state index < -0.39 is 11.6 Å². The molecule has 2 aromatic rings. The van der Waals surface area contributed by atoms with Crippen LogP contribution in [0.25, 0.3) is 0 Å². The molecule has 0 aliphatic rings. The van der Waals surface area contributed by atoms with E-state index in [1.165, 1.54) is 23.5 Å². The first-order valence-corrected chi connectivity index (χ1v) is 7.14. The van der Waals surface area contributed by atoms with Crippen LogP contribution in [0.15, 0.2) is 28.7 Å². The molecule has 1 nitrogen and oxygen atoms in total. The molecule has 0 aliphatic heterocycles. The summed E-state index contributed by atoms with van der Waals surface area (Å²) >= 11 is 10.3. The van der Waals surface area contributed by atoms with Crippen LogP contribution >= 0.6 is 38.9 Å². The number of hydrogen-bond acceptors (Lipinski definition) is 2. The van der Waals surface area contributed by atoms with Gasteiger partial charge in [0.25, 0.3) is 0 Å². The maximum absolute atomic E-state index is 13.6. The van der Waals surface area contributed by atoms with E-state index in [2.05, 4.69) is 21.2 Å². The summed E-state index contributed by atoms with van der Waals surface area (Å²) in [5.41, 5.74) is 0.0343. The molecule has 2 rings (SSSR count). The minimum absolute atomic E-state index is 0.0343. The third-order valence-corrected chi connectivity index (χ3v) is 4.21. The van der Waals surface area contributed by atoms with Gasteiger partial charge in [0.15, 0.2) is 0 Å². The summed E-state index contributed by atoms with van der Waals surface area (Å²) < 4.78 is 28.1. The van der Waals surface area contributed by atoms with E-state index in [1.807, 2.05) is 6.07 Å². The highest BCUT2D eigenvalue weighted by molar-refractivity contribution is 9.10. The van der Waals surface area contributed by atoms with Gasteiger partial charge in [-0.25, -0.2) is 8.78 Å². The Kier molecular flexibility index (Phi) is 4.72. The summed E-state index contributed by atoms with van der Waals surface area (Å²) in [5, 5.41) is 2.99. The van der Waals surface area contributed by atoms with Gasteiger partial charge in [0, 0.05) is 23.5 Å². The fourth-order valence-electron chi connectivity index (χ4n) is 1.49. The second kappa shape index (κ2) is 6.10. The van der Waals surface area contributed by atoms with Crippen molar-refractivity contribution in [3.63, 3.8) is 0 Å². The zero-order valence-electron chi connectivity index (χ0n) is 9.14. The van der Waals surface area contributed by atoms with Gasteiger partial charge in [0.1, 0.15) is 11.6 Å². The molecule has 0 spiro atoms. The van der Waals surface area contributed by atoms with Crippen molar-refractivity contribution in [3.05, 3.63) is 55.1 Å². The fraction of sp³-hybridized carbons (Fsp3) is 0.167. The van der Waals surface area contributed by atoms with Crippen LogP contribution in [0.2, 0.25) is 4.34 Å². The maximum atomic E-state index is 13.6. The Morgan fingerprint density at radius 1 is 1.17 bits per heavy atom. The van der Waals surface area contributed by atoms with E-state index in [4.69, 9.17) is 11.6 Å². The zero-order valence-corrected chi connectivity index (χ0v) is 12.3. The first-order chi connectivity index (χ1) is 8.58. The van der Waals surface area contributed by atoms with Crippen LogP contribution in [-0.2, 0) is 13.1 Å². The predicted octanol–water partition coefficient (Wildman–Crippen LogP) is 4.73. The van der Waals surface area contributed by atoms with E-state index >= 15 is 0 Å². The smallest absolute Gasteiger partial charge is 0.144 e. The van der Waals surface area contributed by atoms with Crippen LogP contribution in [0.5, 0.6) is 0 Å². The Hall–Kier alpha value is -0.490. The Morgan fingerprint density at radius 3 is 2.61 bits per heavy atom. The largest absolute Gasteiger partial charge is 0.308 e. The summed E-state index contributed by atoms with van der Waals surface area (Å²) in [6, 6.07) is 6.27. The molecule has 96 valence electrons. The Balaban J connectivity index is 2.00. The van der Waals surface area contributed by atoms with E-state index in [0.717, 1.165) is 4.88 Å². The molecule has 0 unspecified atom stereocenters. The quantitative estimate of drug-likeness (QED) is 0.784. The molecule has 1 N–H and O–H groups in total. The van der Waals surface area contributed by atoms with Crippen molar-refractivity contribution in [3.8, 4) is 0 Å². The molecule has 0 fully saturated rings. The molecule has 1 aromatic heterocycles. The highest BCUT2D eigenvalue weighted by Gasteiger charge is 2.11. The number of benzene rings is 1. The van der Waals surface area contributed by atoms with E-state index in [1.54, 1.807) is 6.07 Å². The van der Waals surface area contributed by atoms with Crippen molar-refractivity contribution in [2.24, 2.45) is 0 Å². The first-order valence-electron chi connectivity index (χ1n) is 5.15. The van der Waals surface area contributed by atoms with Crippen molar-refractivity contribution in [1.29, 1.82) is 0 Å². The van der Waals surface area contributed by atoms with Gasteiger partial charge >= 0.3 is 0 Å². The third kappa shape index (κ3) is 3.29. The van der Waals surface area contributed by atoms with E-state index in [9.17, 15) is 8.78 Å². The van der Waals surface area contributed by atoms with Crippen molar-refractivity contribution >= 4 is 38.9 Å². The highest BCUT2D eigenvalue weighted by atomic mass is 79.9. The molecule has 1 heterocycles. The molecule has 1 aromatic carbocycles. The van der Waals surface area contributed by atoms with Gasteiger partial charge in [0.05, 0.1) is 8.81 Å². The SMILES string of the molecule is Fc1ccc(Br)c(F)c1CNCc1ccc(Cl)s1. The molecular weight excluding hydrogens is 344 g/mol. The van der Waals surface area contributed by atoms with Gasteiger partial charge in [-0.2, -0.15) is 0 Å². The number of hydrogen-bond donors (Lipinski definition) is 1. The summed E-state index contributed by atoms with van der Waals surface area (Å²) in [6.45, 7) is 0.662. The second-order valence-electron chi connectivity index (χ2n) is 3.63. The first kappa shape index (κ1) is 13.9. The van der Waals surface area contributed by atoms with Crippen LogP contribution in [-0.4, -0.2) is 0 Å². The molecule has 0 saturated carbocycles. The molecule has 6 heteroatoms. The Bertz CT molecular complexity index is 559. The van der Waals surface area contributed by atoms with Crippen molar-refractivity contribution in [2.45, 2.75) is 13.1 Å². The summed E-state index contributed by atoms with van der Waals surface area (Å²) in [5.74, 6) is -1.11. The molecule has 0 saturated heterocycles. The molecular formula is C12H9BrClF2NS. The van der Waals surface area contributed by atoms with Gasteiger partial charge < -0.3 is 5.32 Å². The van der Waals surface area contributed by atoms with Crippen molar-refractivity contribution < 1.29 is 8.78 Å². The second-order valence-corrected chi connectivity index (χ2v) is 6.29. The lowest BCUT2D eigenvalue weighted by Crippen LogP contribution is -2.14. The topological polar surface area (TPSA) is 12.0 Å². The molecule has 0 aliphatic carbocycles. The van der Waals surface area contributed by atoms with Crippen LogP contribution in [0.4, 0.5) is 8.78 Å². The average Bonchev–Trinajstić information content (AvgIpc) is 2.74. The fourth-order valence-corrected chi connectivity index (χ4v) is 2.92. The molecule has 0 amide bonds. The van der Waals surface area contributed by atoms with Gasteiger partial charge in [-0.3, -0.25) is 0 Å². The lowest BCUT2D eigenvalue weighted by molar-refractivity contribution is 0.532. The Labute approximate surface area is 121 Å². The van der Waals surface area contributed by atoms with E-state index in [0.29, 0.717) is 10.9 Å². The average molecular weight is 353 g/mol. The lowest BCUT2D eigenvalue weighted by Gasteiger charge is -2.07. The minimum atomic E-state index is -0.563. The van der Waals surface area contributed by atoms with Crippen molar-refractivity contribution in [1.82, 2.24) is 5.32 Å². The van der Waals surface area contributed by atoms with Crippen LogP contribution < -0.4 is 5.32 Å². The minimum Gasteiger partial charge on any atom is -0.308 e. The predicted molar refractivity (Wildman–Crippen MR) is 73.9 cm³/mol. The van der Waals surface area contributed by atoms with Crippen LogP contribution in [0.3, 0.4) is 0 Å². The number of halogens is 4. The molecule has 0 bridgehead atoms. The molecule has 18 heavy (non-hydrogen) atoms. The standard InChI is InChI=1S/C12H9BrClF2NS/c13-9-2-3-10(15)8(12(9)16)6-17-5-7-1-4-11(14)18-7/h1-4,17H,5-6H2. The zero-order chi connectivity index (χ0) is 13.1. The summed E-state index contributed by atoms with van der Waals surface area (Å²) in [6.07, 6.45) is 0. The van der Waals surface area contributed by atoms with Gasteiger partial charge in [-0.1, -0.05) is 11.6 Å². The van der Waals surface area contributed by atoms with Gasteiger partial charge in [-0.05, 0) is 40.2 Å². The maximum Gasteiger partial charge on any atom is 0.144 e. The number of thiophene rings is 1. The normalized spacial score (nSPS) is 10.9. The van der Waals surface area contributed by atoms with Gasteiger partial charge in [-0.15, -0.1) is 11.3 Å². The van der Waals surface area contributed by atoms with Crippen LogP contribution in [0, 0.1) is 11.6 Å². The number of nitrogens with one attached hydrogen (secondary N) is 1. The summed E-state index contributed by atoms with van der Waals surface area (Å²) in [7, 11) is 0. The van der Waals surface area contributed by atoms with Crippen LogP contribution in [0.1, 0.15) is 10.4 Å². The Morgan fingerprint density at radius 2 is 1.94 bits per heavy atom. The number of rotatable bonds is 4. The molecule has 0 atom stereocenters. The van der Waals surface area contributed by atoms with E-state index in [-0.39, 0.29) is 16.6 Å². The third-order valence-electron chi connectivity index (χ3n) is 2.37. The monoisotopic (exact) mass is 351 g/mol. The molecule has 0 radical (unpaired) electrons. The highest BCUT2D eigenvalue weighted by Crippen LogP contribution is 2.23.